The molecule has 0 bridgehead atoms. The van der Waals surface area contributed by atoms with Crippen molar-refractivity contribution in [3.05, 3.63) is 58.6 Å². The van der Waals surface area contributed by atoms with Gasteiger partial charge in [-0.1, -0.05) is 19.9 Å². The van der Waals surface area contributed by atoms with Crippen LogP contribution in [0, 0.1) is 5.82 Å². The van der Waals surface area contributed by atoms with Crippen LogP contribution in [0.4, 0.5) is 4.39 Å². The zero-order chi connectivity index (χ0) is 18.6. The van der Waals surface area contributed by atoms with E-state index in [0.29, 0.717) is 16.8 Å². The van der Waals surface area contributed by atoms with Crippen LogP contribution in [-0.2, 0) is 16.6 Å². The van der Waals surface area contributed by atoms with Crippen molar-refractivity contribution in [2.75, 3.05) is 7.05 Å². The first-order valence-electron chi connectivity index (χ1n) is 7.75. The summed E-state index contributed by atoms with van der Waals surface area (Å²) in [5.74, 6) is -0.605. The zero-order valence-electron chi connectivity index (χ0n) is 14.1. The van der Waals surface area contributed by atoms with E-state index in [1.807, 2.05) is 13.8 Å². The normalized spacial score (nSPS) is 11.2. The van der Waals surface area contributed by atoms with E-state index < -0.39 is 15.8 Å². The van der Waals surface area contributed by atoms with Crippen molar-refractivity contribution >= 4 is 37.0 Å². The molecule has 1 aromatic carbocycles. The Bertz CT molecular complexity index is 987. The Kier molecular flexibility index (Phi) is 6.31. The number of halogens is 2. The van der Waals surface area contributed by atoms with Gasteiger partial charge < -0.3 is 5.32 Å². The summed E-state index contributed by atoms with van der Waals surface area (Å²) >= 11 is 3.25. The van der Waals surface area contributed by atoms with Gasteiger partial charge in [0, 0.05) is 18.1 Å². The van der Waals surface area contributed by atoms with E-state index in [1.54, 1.807) is 19.2 Å². The highest BCUT2D eigenvalue weighted by atomic mass is 79.9. The third-order valence-electron chi connectivity index (χ3n) is 3.39. The maximum Gasteiger partial charge on any atom is 0.269 e. The maximum absolute atomic E-state index is 13.4. The number of hydrogen-bond donors (Lipinski definition) is 1. The highest BCUT2D eigenvalue weighted by Crippen LogP contribution is 2.26. The monoisotopic (exact) mass is 427 g/mol. The number of aromatic nitrogens is 2. The minimum atomic E-state index is -3.94. The maximum atomic E-state index is 13.4. The Hall–Kier alpha value is -1.77. The molecule has 0 fully saturated rings. The van der Waals surface area contributed by atoms with Crippen molar-refractivity contribution in [2.24, 2.45) is 0 Å². The minimum Gasteiger partial charge on any atom is -0.316 e. The average Bonchev–Trinajstić information content (AvgIpc) is 2.95. The second kappa shape index (κ2) is 8.07. The van der Waals surface area contributed by atoms with Gasteiger partial charge in [0.05, 0.1) is 4.90 Å². The topological polar surface area (TPSA) is 64.0 Å². The summed E-state index contributed by atoms with van der Waals surface area (Å²) in [5, 5.41) is 3.72. The molecule has 2 heterocycles. The van der Waals surface area contributed by atoms with Crippen LogP contribution in [0.3, 0.4) is 0 Å². The lowest BCUT2D eigenvalue weighted by atomic mass is 10.2. The van der Waals surface area contributed by atoms with E-state index in [-0.39, 0.29) is 4.90 Å². The Morgan fingerprint density at radius 1 is 1.24 bits per heavy atom. The summed E-state index contributed by atoms with van der Waals surface area (Å²) in [6.45, 7) is 4.49. The molecule has 0 spiro atoms. The number of pyridine rings is 1. The first kappa shape index (κ1) is 19.6. The van der Waals surface area contributed by atoms with E-state index in [2.05, 4.69) is 26.2 Å². The number of benzene rings is 1. The van der Waals surface area contributed by atoms with Gasteiger partial charge in [-0.15, -0.1) is 0 Å². The Morgan fingerprint density at radius 3 is 2.60 bits per heavy atom. The van der Waals surface area contributed by atoms with Crippen molar-refractivity contribution in [1.82, 2.24) is 14.3 Å². The largest absolute Gasteiger partial charge is 0.316 e. The molecule has 0 saturated carbocycles. The van der Waals surface area contributed by atoms with Crippen molar-refractivity contribution in [2.45, 2.75) is 25.3 Å². The molecule has 0 aliphatic carbocycles. The molecule has 3 rings (SSSR count). The predicted molar refractivity (Wildman–Crippen MR) is 101 cm³/mol. The smallest absolute Gasteiger partial charge is 0.269 e. The Morgan fingerprint density at radius 2 is 1.96 bits per heavy atom. The van der Waals surface area contributed by atoms with Crippen molar-refractivity contribution in [3.63, 3.8) is 0 Å². The van der Waals surface area contributed by atoms with Gasteiger partial charge in [0.15, 0.2) is 5.65 Å². The van der Waals surface area contributed by atoms with Crippen LogP contribution in [0.2, 0.25) is 0 Å². The molecule has 0 atom stereocenters. The summed E-state index contributed by atoms with van der Waals surface area (Å²) in [4.78, 5) is 4.15. The minimum absolute atomic E-state index is 0.118. The van der Waals surface area contributed by atoms with Gasteiger partial charge in [0.25, 0.3) is 10.0 Å². The molecule has 1 N–H and O–H groups in total. The van der Waals surface area contributed by atoms with E-state index in [1.165, 1.54) is 24.4 Å². The van der Waals surface area contributed by atoms with Gasteiger partial charge in [-0.05, 0) is 58.9 Å². The van der Waals surface area contributed by atoms with Crippen molar-refractivity contribution in [1.29, 1.82) is 0 Å². The van der Waals surface area contributed by atoms with Crippen LogP contribution >= 0.6 is 15.9 Å². The molecule has 0 aliphatic heterocycles. The van der Waals surface area contributed by atoms with Gasteiger partial charge in [-0.2, -0.15) is 0 Å². The van der Waals surface area contributed by atoms with Gasteiger partial charge in [-0.3, -0.25) is 0 Å². The lowest BCUT2D eigenvalue weighted by molar-refractivity contribution is 0.584. The van der Waals surface area contributed by atoms with Crippen LogP contribution in [0.1, 0.15) is 19.4 Å². The van der Waals surface area contributed by atoms with E-state index in [9.17, 15) is 12.8 Å². The fourth-order valence-electron chi connectivity index (χ4n) is 2.37. The summed E-state index contributed by atoms with van der Waals surface area (Å²) in [5.41, 5.74) is 1.09. The molecule has 5 nitrogen and oxygen atoms in total. The first-order chi connectivity index (χ1) is 11.9. The second-order valence-corrected chi connectivity index (χ2v) is 7.58. The summed E-state index contributed by atoms with van der Waals surface area (Å²) in [6, 6.07) is 8.48. The standard InChI is InChI=1S/C15H13BrFN3O2S.C2H6/c1-18-8-10-9-20(15-13(10)5-6-14(16)19-15)23(21,22)12-4-2-3-11(17)7-12;1-2/h2-7,9,18H,8H2,1H3;1-2H3. The number of nitrogens with zero attached hydrogens (tertiary/aromatic N) is 2. The SMILES string of the molecule is CC.CNCc1cn(S(=O)(=O)c2cccc(F)c2)c2nc(Br)ccc12. The summed E-state index contributed by atoms with van der Waals surface area (Å²) in [7, 11) is -2.16. The molecule has 134 valence electrons. The molecule has 8 heteroatoms. The van der Waals surface area contributed by atoms with Crippen molar-refractivity contribution < 1.29 is 12.8 Å². The van der Waals surface area contributed by atoms with Gasteiger partial charge >= 0.3 is 0 Å². The van der Waals surface area contributed by atoms with Crippen LogP contribution in [0.5, 0.6) is 0 Å². The highest BCUT2D eigenvalue weighted by molar-refractivity contribution is 9.10. The molecule has 2 aromatic heterocycles. The quantitative estimate of drug-likeness (QED) is 0.640. The van der Waals surface area contributed by atoms with E-state index >= 15 is 0 Å². The van der Waals surface area contributed by atoms with Crippen LogP contribution in [0.15, 0.2) is 52.1 Å². The summed E-state index contributed by atoms with van der Waals surface area (Å²) < 4.78 is 40.7. The van der Waals surface area contributed by atoms with Crippen molar-refractivity contribution in [3.8, 4) is 0 Å². The van der Waals surface area contributed by atoms with Gasteiger partial charge in [0.1, 0.15) is 10.4 Å². The predicted octanol–water partition coefficient (Wildman–Crippen LogP) is 3.92. The average molecular weight is 428 g/mol. The van der Waals surface area contributed by atoms with Crippen LogP contribution < -0.4 is 5.32 Å². The van der Waals surface area contributed by atoms with Gasteiger partial charge in [0.2, 0.25) is 0 Å². The Labute approximate surface area is 155 Å². The highest BCUT2D eigenvalue weighted by Gasteiger charge is 2.22. The molecular formula is C17H19BrFN3O2S. The number of fused-ring (bicyclic) bond motifs is 1. The zero-order valence-corrected chi connectivity index (χ0v) is 16.5. The second-order valence-electron chi connectivity index (χ2n) is 4.95. The fraction of sp³-hybridized carbons (Fsp3) is 0.235. The van der Waals surface area contributed by atoms with Crippen LogP contribution in [0.25, 0.3) is 11.0 Å². The summed E-state index contributed by atoms with van der Waals surface area (Å²) in [6.07, 6.45) is 1.51. The van der Waals surface area contributed by atoms with Gasteiger partial charge in [-0.25, -0.2) is 21.8 Å². The number of hydrogen-bond acceptors (Lipinski definition) is 4. The van der Waals surface area contributed by atoms with E-state index in [4.69, 9.17) is 0 Å². The molecule has 0 aliphatic rings. The Balaban J connectivity index is 0.00000109. The third-order valence-corrected chi connectivity index (χ3v) is 5.48. The van der Waals surface area contributed by atoms with E-state index in [0.717, 1.165) is 21.0 Å². The lowest BCUT2D eigenvalue weighted by Crippen LogP contribution is -2.13. The molecule has 3 aromatic rings. The third kappa shape index (κ3) is 3.91. The number of nitrogens with one attached hydrogen (secondary N) is 1. The number of rotatable bonds is 4. The molecule has 0 amide bonds. The molecule has 0 saturated heterocycles. The molecular weight excluding hydrogens is 409 g/mol. The lowest BCUT2D eigenvalue weighted by Gasteiger charge is -2.07. The first-order valence-corrected chi connectivity index (χ1v) is 9.99. The molecule has 0 radical (unpaired) electrons. The fourth-order valence-corrected chi connectivity index (χ4v) is 4.04. The molecule has 0 unspecified atom stereocenters. The molecule has 25 heavy (non-hydrogen) atoms. The van der Waals surface area contributed by atoms with Crippen LogP contribution in [-0.4, -0.2) is 24.4 Å².